The third-order valence-corrected chi connectivity index (χ3v) is 6.73. The number of alkyl halides is 2. The summed E-state index contributed by atoms with van der Waals surface area (Å²) in [4.78, 5) is 0.212. The molecule has 2 N–H and O–H groups in total. The van der Waals surface area contributed by atoms with Crippen LogP contribution in [0.15, 0.2) is 29.2 Å². The maximum absolute atomic E-state index is 12.4. The molecule has 132 valence electrons. The molecule has 10 heteroatoms. The summed E-state index contributed by atoms with van der Waals surface area (Å²) < 4.78 is 42.1. The third-order valence-electron chi connectivity index (χ3n) is 2.83. The van der Waals surface area contributed by atoms with Crippen LogP contribution in [0.1, 0.15) is 5.56 Å². The van der Waals surface area contributed by atoms with E-state index in [9.17, 15) is 13.0 Å². The number of benzene rings is 1. The minimum absolute atomic E-state index is 0.210. The van der Waals surface area contributed by atoms with Crippen LogP contribution in [0, 0.1) is 6.92 Å². The minimum atomic E-state index is -3.49. The van der Waals surface area contributed by atoms with Crippen molar-refractivity contribution >= 4 is 40.7 Å². The van der Waals surface area contributed by atoms with Gasteiger partial charge in [-0.3, -0.25) is 4.57 Å². The largest absolute Gasteiger partial charge is 0.340 e. The molecule has 6 nitrogen and oxygen atoms in total. The van der Waals surface area contributed by atoms with E-state index in [4.69, 9.17) is 27.7 Å². The number of aryl methyl sites for hydroxylation is 1. The molecular weight excluding hydrogens is 382 g/mol. The number of nitrogens with one attached hydrogen (secondary N) is 2. The zero-order valence-electron chi connectivity index (χ0n) is 12.8. The van der Waals surface area contributed by atoms with Gasteiger partial charge in [0, 0.05) is 24.8 Å². The molecule has 0 unspecified atom stereocenters. The van der Waals surface area contributed by atoms with Crippen molar-refractivity contribution in [3.63, 3.8) is 0 Å². The van der Waals surface area contributed by atoms with E-state index in [2.05, 4.69) is 10.2 Å². The van der Waals surface area contributed by atoms with Crippen LogP contribution in [0.3, 0.4) is 0 Å². The lowest BCUT2D eigenvalue weighted by molar-refractivity contribution is 0.318. The predicted molar refractivity (Wildman–Crippen MR) is 94.2 cm³/mol. The van der Waals surface area contributed by atoms with Crippen molar-refractivity contribution in [2.24, 2.45) is 0 Å². The average Bonchev–Trinajstić information content (AvgIpc) is 2.51. The molecule has 1 rings (SSSR count). The van der Waals surface area contributed by atoms with E-state index in [-0.39, 0.29) is 42.1 Å². The van der Waals surface area contributed by atoms with E-state index in [0.29, 0.717) is 0 Å². The van der Waals surface area contributed by atoms with Gasteiger partial charge in [-0.05, 0) is 19.1 Å². The molecule has 23 heavy (non-hydrogen) atoms. The zero-order chi connectivity index (χ0) is 17.3. The predicted octanol–water partition coefficient (Wildman–Crippen LogP) is 2.55. The molecule has 0 radical (unpaired) electrons. The highest BCUT2D eigenvalue weighted by Gasteiger charge is 2.23. The van der Waals surface area contributed by atoms with Crippen LogP contribution in [0.2, 0.25) is 0 Å². The third kappa shape index (κ3) is 7.52. The molecule has 0 spiro atoms. The lowest BCUT2D eigenvalue weighted by Gasteiger charge is -2.19. The number of hydrogen-bond donors (Lipinski definition) is 2. The van der Waals surface area contributed by atoms with Gasteiger partial charge in [0.15, 0.2) is 9.84 Å². The molecule has 0 fully saturated rings. The van der Waals surface area contributed by atoms with Crippen molar-refractivity contribution in [2.75, 3.05) is 37.2 Å². The summed E-state index contributed by atoms with van der Waals surface area (Å²) in [5.74, 6) is 0.223. The molecule has 0 amide bonds. The Bertz CT molecular complexity index is 613. The van der Waals surface area contributed by atoms with Crippen molar-refractivity contribution in [2.45, 2.75) is 11.8 Å². The molecule has 0 atom stereocenters. The molecule has 0 aromatic heterocycles. The first kappa shape index (κ1) is 20.9. The molecule has 1 aromatic carbocycles. The van der Waals surface area contributed by atoms with Gasteiger partial charge in [-0.2, -0.15) is 0 Å². The number of halogens is 2. The molecule has 1 aromatic rings. The smallest absolute Gasteiger partial charge is 0.305 e. The van der Waals surface area contributed by atoms with Crippen LogP contribution in [0.5, 0.6) is 0 Å². The molecule has 0 heterocycles. The average molecular weight is 403 g/mol. The zero-order valence-corrected chi connectivity index (χ0v) is 16.0. The maximum atomic E-state index is 12.4. The fourth-order valence-corrected chi connectivity index (χ4v) is 4.79. The Morgan fingerprint density at radius 2 is 1.61 bits per heavy atom. The van der Waals surface area contributed by atoms with Crippen LogP contribution < -0.4 is 10.2 Å². The lowest BCUT2D eigenvalue weighted by atomic mass is 10.2. The van der Waals surface area contributed by atoms with Gasteiger partial charge in [0.05, 0.1) is 17.3 Å². The van der Waals surface area contributed by atoms with Crippen LogP contribution in [0.25, 0.3) is 0 Å². The van der Waals surface area contributed by atoms with E-state index >= 15 is 0 Å². The summed E-state index contributed by atoms with van der Waals surface area (Å²) in [6.07, 6.45) is 0. The Labute approximate surface area is 147 Å². The van der Waals surface area contributed by atoms with Crippen LogP contribution >= 0.6 is 30.9 Å². The molecule has 0 bridgehead atoms. The summed E-state index contributed by atoms with van der Waals surface area (Å²) in [5, 5.41) is 5.30. The molecule has 0 saturated heterocycles. The quantitative estimate of drug-likeness (QED) is 0.437. The summed E-state index contributed by atoms with van der Waals surface area (Å²) in [7, 11) is -6.87. The van der Waals surface area contributed by atoms with Crippen molar-refractivity contribution in [1.82, 2.24) is 10.2 Å². The monoisotopic (exact) mass is 402 g/mol. The Hall–Kier alpha value is -0.140. The number of sulfone groups is 1. The Morgan fingerprint density at radius 3 is 2.09 bits per heavy atom. The van der Waals surface area contributed by atoms with Crippen molar-refractivity contribution < 1.29 is 17.5 Å². The lowest BCUT2D eigenvalue weighted by Crippen LogP contribution is -2.28. The fourth-order valence-electron chi connectivity index (χ4n) is 1.67. The SMILES string of the molecule is Cc1ccc(S(=O)(=O)CCOP(=O)(NCCCl)NCCCl)cc1. The molecule has 0 aliphatic heterocycles. The van der Waals surface area contributed by atoms with Gasteiger partial charge in [0.1, 0.15) is 0 Å². The second-order valence-corrected chi connectivity index (χ2v) is 9.57. The van der Waals surface area contributed by atoms with Gasteiger partial charge in [-0.25, -0.2) is 18.6 Å². The molecule has 0 aliphatic carbocycles. The van der Waals surface area contributed by atoms with Crippen molar-refractivity contribution in [3.8, 4) is 0 Å². The van der Waals surface area contributed by atoms with E-state index < -0.39 is 17.5 Å². The Kier molecular flexibility index (Phi) is 9.08. The van der Waals surface area contributed by atoms with Crippen LogP contribution in [0.4, 0.5) is 0 Å². The van der Waals surface area contributed by atoms with E-state index in [1.165, 1.54) is 0 Å². The van der Waals surface area contributed by atoms with E-state index in [0.717, 1.165) is 5.56 Å². The van der Waals surface area contributed by atoms with Gasteiger partial charge < -0.3 is 4.52 Å². The standard InChI is InChI=1S/C13H21Cl2N2O4PS/c1-12-2-4-13(5-3-12)23(19,20)11-10-21-22(18,16-8-6-14)17-9-7-15/h2-5H,6-11H2,1H3,(H2,16,17,18). The topological polar surface area (TPSA) is 84.5 Å². The first-order valence-electron chi connectivity index (χ1n) is 6.99. The summed E-state index contributed by atoms with van der Waals surface area (Å²) in [6.45, 7) is 2.19. The van der Waals surface area contributed by atoms with Gasteiger partial charge in [0.25, 0.3) is 0 Å². The Morgan fingerprint density at radius 1 is 1.09 bits per heavy atom. The summed E-state index contributed by atoms with van der Waals surface area (Å²) in [5.41, 5.74) is 0.972. The van der Waals surface area contributed by atoms with E-state index in [1.54, 1.807) is 24.3 Å². The minimum Gasteiger partial charge on any atom is -0.305 e. The number of hydrogen-bond acceptors (Lipinski definition) is 4. The molecular formula is C13H21Cl2N2O4PS. The van der Waals surface area contributed by atoms with Gasteiger partial charge >= 0.3 is 7.67 Å². The van der Waals surface area contributed by atoms with E-state index in [1.807, 2.05) is 6.92 Å². The van der Waals surface area contributed by atoms with Gasteiger partial charge in [0.2, 0.25) is 0 Å². The fraction of sp³-hybridized carbons (Fsp3) is 0.538. The Balaban J connectivity index is 2.63. The normalized spacial score (nSPS) is 12.5. The van der Waals surface area contributed by atoms with Gasteiger partial charge in [-0.1, -0.05) is 17.7 Å². The van der Waals surface area contributed by atoms with Gasteiger partial charge in [-0.15, -0.1) is 23.2 Å². The van der Waals surface area contributed by atoms with Crippen LogP contribution in [-0.2, 0) is 18.9 Å². The molecule has 0 saturated carbocycles. The molecule has 0 aliphatic rings. The summed E-state index contributed by atoms with van der Waals surface area (Å²) >= 11 is 11.1. The second kappa shape index (κ2) is 9.99. The first-order valence-corrected chi connectivity index (χ1v) is 11.3. The van der Waals surface area contributed by atoms with Crippen LogP contribution in [-0.4, -0.2) is 45.6 Å². The highest BCUT2D eigenvalue weighted by atomic mass is 35.5. The van der Waals surface area contributed by atoms with Crippen molar-refractivity contribution in [1.29, 1.82) is 0 Å². The maximum Gasteiger partial charge on any atom is 0.340 e. The first-order chi connectivity index (χ1) is 10.8. The summed E-state index contributed by atoms with van der Waals surface area (Å²) in [6, 6.07) is 6.54. The van der Waals surface area contributed by atoms with Crippen molar-refractivity contribution in [3.05, 3.63) is 29.8 Å². The highest BCUT2D eigenvalue weighted by molar-refractivity contribution is 7.91. The highest BCUT2D eigenvalue weighted by Crippen LogP contribution is 2.36. The second-order valence-electron chi connectivity index (χ2n) is 4.71. The number of rotatable bonds is 11.